The van der Waals surface area contributed by atoms with Crippen LogP contribution in [0.3, 0.4) is 0 Å². The highest BCUT2D eigenvalue weighted by atomic mass is 16.1. The van der Waals surface area contributed by atoms with Crippen molar-refractivity contribution in [3.8, 4) is 0 Å². The number of carbonyl (C=O) groups is 1. The van der Waals surface area contributed by atoms with Gasteiger partial charge in [0.05, 0.1) is 0 Å². The van der Waals surface area contributed by atoms with Crippen LogP contribution in [0.2, 0.25) is 0 Å². The van der Waals surface area contributed by atoms with E-state index in [-0.39, 0.29) is 5.91 Å². The predicted molar refractivity (Wildman–Crippen MR) is 87.0 cm³/mol. The van der Waals surface area contributed by atoms with Gasteiger partial charge in [-0.25, -0.2) is 0 Å². The summed E-state index contributed by atoms with van der Waals surface area (Å²) < 4.78 is 0. The minimum atomic E-state index is 0.0794. The smallest absolute Gasteiger partial charge is 0.224 e. The molecule has 1 aliphatic heterocycles. The Morgan fingerprint density at radius 1 is 1.38 bits per heavy atom. The average molecular weight is 289 g/mol. The van der Waals surface area contributed by atoms with Crippen LogP contribution in [0.15, 0.2) is 24.3 Å². The van der Waals surface area contributed by atoms with Crippen LogP contribution in [-0.2, 0) is 11.3 Å². The first-order chi connectivity index (χ1) is 10.1. The maximum Gasteiger partial charge on any atom is 0.224 e. The second kappa shape index (κ2) is 7.57. The number of anilines is 1. The molecule has 3 N–H and O–H groups in total. The molecular formula is C17H27N3O. The topological polar surface area (TPSA) is 58.4 Å². The van der Waals surface area contributed by atoms with E-state index in [0.29, 0.717) is 19.0 Å². The molecule has 116 valence electrons. The molecule has 4 nitrogen and oxygen atoms in total. The fraction of sp³-hybridized carbons (Fsp3) is 0.588. The van der Waals surface area contributed by atoms with E-state index in [2.05, 4.69) is 24.1 Å². The Balaban J connectivity index is 1.75. The number of para-hydroxylation sites is 1. The van der Waals surface area contributed by atoms with Gasteiger partial charge in [0.2, 0.25) is 5.91 Å². The van der Waals surface area contributed by atoms with Crippen LogP contribution in [-0.4, -0.2) is 29.9 Å². The van der Waals surface area contributed by atoms with Gasteiger partial charge in [0.25, 0.3) is 0 Å². The zero-order valence-electron chi connectivity index (χ0n) is 13.1. The average Bonchev–Trinajstić information content (AvgIpc) is 2.77. The van der Waals surface area contributed by atoms with Crippen LogP contribution < -0.4 is 11.1 Å². The molecule has 0 bridgehead atoms. The van der Waals surface area contributed by atoms with Crippen molar-refractivity contribution in [2.45, 2.75) is 45.7 Å². The highest BCUT2D eigenvalue weighted by molar-refractivity contribution is 5.91. The first-order valence-electron chi connectivity index (χ1n) is 7.92. The zero-order valence-corrected chi connectivity index (χ0v) is 13.1. The van der Waals surface area contributed by atoms with E-state index in [1.54, 1.807) is 0 Å². The van der Waals surface area contributed by atoms with Gasteiger partial charge in [0.15, 0.2) is 0 Å². The molecule has 21 heavy (non-hydrogen) atoms. The summed E-state index contributed by atoms with van der Waals surface area (Å²) in [5, 5.41) is 2.97. The lowest BCUT2D eigenvalue weighted by Crippen LogP contribution is -2.29. The van der Waals surface area contributed by atoms with E-state index < -0.39 is 0 Å². The molecule has 2 atom stereocenters. The minimum absolute atomic E-state index is 0.0794. The van der Waals surface area contributed by atoms with E-state index in [4.69, 9.17) is 5.73 Å². The lowest BCUT2D eigenvalue weighted by atomic mass is 10.1. The van der Waals surface area contributed by atoms with Crippen molar-refractivity contribution in [3.05, 3.63) is 29.8 Å². The fourth-order valence-electron chi connectivity index (χ4n) is 3.17. The molecule has 4 heteroatoms. The molecule has 1 heterocycles. The molecule has 0 aromatic heterocycles. The molecule has 1 fully saturated rings. The maximum atomic E-state index is 12.0. The van der Waals surface area contributed by atoms with Crippen LogP contribution in [0.1, 0.15) is 38.7 Å². The van der Waals surface area contributed by atoms with Gasteiger partial charge in [-0.2, -0.15) is 0 Å². The second-order valence-corrected chi connectivity index (χ2v) is 6.20. The van der Waals surface area contributed by atoms with Gasteiger partial charge in [-0.1, -0.05) is 25.1 Å². The van der Waals surface area contributed by atoms with Gasteiger partial charge in [0.1, 0.15) is 0 Å². The number of carbonyl (C=O) groups excluding carboxylic acids is 1. The molecule has 1 aliphatic rings. The molecule has 1 saturated heterocycles. The number of nitrogens with zero attached hydrogens (tertiary/aromatic N) is 1. The number of amides is 1. The number of hydrogen-bond donors (Lipinski definition) is 2. The Bertz CT molecular complexity index is 475. The minimum Gasteiger partial charge on any atom is -0.326 e. The second-order valence-electron chi connectivity index (χ2n) is 6.20. The standard InChI is InChI=1S/C17H27N3O/c1-13-10-14(2)20(12-13)9-5-8-17(21)19-16-7-4-3-6-15(16)11-18/h3-4,6-7,13-14H,5,8-12,18H2,1-2H3,(H,19,21). The van der Waals surface area contributed by atoms with Gasteiger partial charge in [-0.05, 0) is 43.9 Å². The number of rotatable bonds is 6. The SMILES string of the molecule is CC1CC(C)N(CCCC(=O)Nc2ccccc2CN)C1. The molecular weight excluding hydrogens is 262 g/mol. The Kier molecular flexibility index (Phi) is 5.76. The number of likely N-dealkylation sites (tertiary alicyclic amines) is 1. The summed E-state index contributed by atoms with van der Waals surface area (Å²) in [4.78, 5) is 14.5. The predicted octanol–water partition coefficient (Wildman–Crippen LogP) is 2.59. The molecule has 2 unspecified atom stereocenters. The Morgan fingerprint density at radius 2 is 2.14 bits per heavy atom. The first kappa shape index (κ1) is 16.0. The summed E-state index contributed by atoms with van der Waals surface area (Å²) in [5.74, 6) is 0.862. The van der Waals surface area contributed by atoms with Crippen molar-refractivity contribution >= 4 is 11.6 Å². The molecule has 1 amide bonds. The number of nitrogens with two attached hydrogens (primary N) is 1. The van der Waals surface area contributed by atoms with Crippen molar-refractivity contribution in [1.29, 1.82) is 0 Å². The molecule has 2 rings (SSSR count). The largest absolute Gasteiger partial charge is 0.326 e. The van der Waals surface area contributed by atoms with E-state index in [1.807, 2.05) is 24.3 Å². The van der Waals surface area contributed by atoms with Crippen LogP contribution in [0.25, 0.3) is 0 Å². The number of nitrogens with one attached hydrogen (secondary N) is 1. The lowest BCUT2D eigenvalue weighted by Gasteiger charge is -2.20. The normalized spacial score (nSPS) is 22.4. The van der Waals surface area contributed by atoms with Crippen LogP contribution >= 0.6 is 0 Å². The Labute approximate surface area is 127 Å². The van der Waals surface area contributed by atoms with Crippen molar-refractivity contribution in [2.75, 3.05) is 18.4 Å². The van der Waals surface area contributed by atoms with Gasteiger partial charge in [0, 0.05) is 31.2 Å². The maximum absolute atomic E-state index is 12.0. The number of hydrogen-bond acceptors (Lipinski definition) is 3. The fourth-order valence-corrected chi connectivity index (χ4v) is 3.17. The van der Waals surface area contributed by atoms with E-state index >= 15 is 0 Å². The molecule has 1 aromatic carbocycles. The zero-order chi connectivity index (χ0) is 15.2. The van der Waals surface area contributed by atoms with Gasteiger partial charge < -0.3 is 16.0 Å². The molecule has 0 radical (unpaired) electrons. The summed E-state index contributed by atoms with van der Waals surface area (Å²) in [6.45, 7) is 7.20. The molecule has 1 aromatic rings. The van der Waals surface area contributed by atoms with E-state index in [9.17, 15) is 4.79 Å². The summed E-state index contributed by atoms with van der Waals surface area (Å²) in [5.41, 5.74) is 7.50. The summed E-state index contributed by atoms with van der Waals surface area (Å²) in [7, 11) is 0. The molecule has 0 aliphatic carbocycles. The van der Waals surface area contributed by atoms with Crippen molar-refractivity contribution in [3.63, 3.8) is 0 Å². The Hall–Kier alpha value is -1.39. The van der Waals surface area contributed by atoms with Gasteiger partial charge in [-0.3, -0.25) is 4.79 Å². The van der Waals surface area contributed by atoms with Crippen LogP contribution in [0.5, 0.6) is 0 Å². The van der Waals surface area contributed by atoms with Gasteiger partial charge >= 0.3 is 0 Å². The molecule has 0 spiro atoms. The van der Waals surface area contributed by atoms with E-state index in [0.717, 1.165) is 30.1 Å². The third kappa shape index (κ3) is 4.55. The van der Waals surface area contributed by atoms with E-state index in [1.165, 1.54) is 13.0 Å². The Morgan fingerprint density at radius 3 is 2.81 bits per heavy atom. The van der Waals surface area contributed by atoms with Crippen molar-refractivity contribution in [1.82, 2.24) is 4.90 Å². The highest BCUT2D eigenvalue weighted by Gasteiger charge is 2.25. The number of benzene rings is 1. The lowest BCUT2D eigenvalue weighted by molar-refractivity contribution is -0.116. The third-order valence-corrected chi connectivity index (χ3v) is 4.27. The van der Waals surface area contributed by atoms with Crippen LogP contribution in [0, 0.1) is 5.92 Å². The monoisotopic (exact) mass is 289 g/mol. The summed E-state index contributed by atoms with van der Waals surface area (Å²) in [6.07, 6.45) is 2.75. The summed E-state index contributed by atoms with van der Waals surface area (Å²) in [6, 6.07) is 8.37. The first-order valence-corrected chi connectivity index (χ1v) is 7.92. The van der Waals surface area contributed by atoms with Crippen LogP contribution in [0.4, 0.5) is 5.69 Å². The quantitative estimate of drug-likeness (QED) is 0.846. The van der Waals surface area contributed by atoms with Crippen molar-refractivity contribution < 1.29 is 4.79 Å². The highest BCUT2D eigenvalue weighted by Crippen LogP contribution is 2.22. The third-order valence-electron chi connectivity index (χ3n) is 4.27. The molecule has 0 saturated carbocycles. The summed E-state index contributed by atoms with van der Waals surface area (Å²) >= 11 is 0. The van der Waals surface area contributed by atoms with Crippen molar-refractivity contribution in [2.24, 2.45) is 11.7 Å². The van der Waals surface area contributed by atoms with Gasteiger partial charge in [-0.15, -0.1) is 0 Å².